The van der Waals surface area contributed by atoms with Gasteiger partial charge in [-0.3, -0.25) is 4.79 Å². The van der Waals surface area contributed by atoms with Gasteiger partial charge in [0.15, 0.2) is 5.78 Å². The van der Waals surface area contributed by atoms with Crippen LogP contribution < -0.4 is 0 Å². The van der Waals surface area contributed by atoms with Gasteiger partial charge in [0.25, 0.3) is 0 Å². The molecule has 2 rings (SSSR count). The van der Waals surface area contributed by atoms with E-state index in [2.05, 4.69) is 4.98 Å². The lowest BCUT2D eigenvalue weighted by molar-refractivity contribution is 0.00626. The molecule has 0 fully saturated rings. The lowest BCUT2D eigenvalue weighted by Crippen LogP contribution is -2.24. The average molecular weight is 283 g/mol. The molecule has 1 aromatic carbocycles. The Morgan fingerprint density at radius 3 is 2.14 bits per heavy atom. The number of aromatic nitrogens is 1. The maximum absolute atomic E-state index is 12.2. The number of esters is 1. The quantitative estimate of drug-likeness (QED) is 0.641. The van der Waals surface area contributed by atoms with Crippen molar-refractivity contribution in [3.8, 4) is 0 Å². The van der Waals surface area contributed by atoms with Crippen LogP contribution in [0.1, 0.15) is 47.2 Å². The summed E-state index contributed by atoms with van der Waals surface area (Å²) in [5, 5.41) is 0. The third kappa shape index (κ3) is 3.99. The van der Waals surface area contributed by atoms with Crippen LogP contribution in [0.25, 0.3) is 0 Å². The maximum Gasteiger partial charge on any atom is 0.357 e. The molecule has 0 aliphatic heterocycles. The fraction of sp³-hybridized carbons (Fsp3) is 0.235. The molecule has 0 atom stereocenters. The van der Waals surface area contributed by atoms with Gasteiger partial charge in [-0.25, -0.2) is 9.78 Å². The van der Waals surface area contributed by atoms with Crippen molar-refractivity contribution < 1.29 is 14.3 Å². The summed E-state index contributed by atoms with van der Waals surface area (Å²) in [6, 6.07) is 12.0. The van der Waals surface area contributed by atoms with Gasteiger partial charge in [-0.1, -0.05) is 30.3 Å². The van der Waals surface area contributed by atoms with Gasteiger partial charge in [0.05, 0.1) is 0 Å². The molecule has 21 heavy (non-hydrogen) atoms. The van der Waals surface area contributed by atoms with Gasteiger partial charge in [-0.2, -0.15) is 0 Å². The second-order valence-corrected chi connectivity index (χ2v) is 5.63. The molecule has 0 saturated heterocycles. The van der Waals surface area contributed by atoms with E-state index in [9.17, 15) is 9.59 Å². The van der Waals surface area contributed by atoms with Crippen LogP contribution in [0.15, 0.2) is 48.7 Å². The van der Waals surface area contributed by atoms with E-state index < -0.39 is 11.6 Å². The molecular weight excluding hydrogens is 266 g/mol. The topological polar surface area (TPSA) is 56.3 Å². The molecule has 0 aliphatic rings. The molecule has 4 heteroatoms. The first-order valence-electron chi connectivity index (χ1n) is 6.66. The Kier molecular flexibility index (Phi) is 4.17. The van der Waals surface area contributed by atoms with E-state index in [0.29, 0.717) is 11.1 Å². The minimum atomic E-state index is -0.572. The van der Waals surface area contributed by atoms with Gasteiger partial charge >= 0.3 is 5.97 Å². The van der Waals surface area contributed by atoms with Crippen LogP contribution in [0.5, 0.6) is 0 Å². The lowest BCUT2D eigenvalue weighted by Gasteiger charge is -2.19. The fourth-order valence-electron chi connectivity index (χ4n) is 1.74. The highest BCUT2D eigenvalue weighted by molar-refractivity contribution is 6.08. The smallest absolute Gasteiger partial charge is 0.357 e. The highest BCUT2D eigenvalue weighted by Gasteiger charge is 2.19. The summed E-state index contributed by atoms with van der Waals surface area (Å²) in [5.41, 5.74) is 0.643. The van der Waals surface area contributed by atoms with Crippen LogP contribution in [0.2, 0.25) is 0 Å². The summed E-state index contributed by atoms with van der Waals surface area (Å²) < 4.78 is 5.22. The van der Waals surface area contributed by atoms with E-state index in [-0.39, 0.29) is 11.5 Å². The fourth-order valence-corrected chi connectivity index (χ4v) is 1.74. The monoisotopic (exact) mass is 283 g/mol. The molecule has 2 aromatic rings. The molecule has 0 N–H and O–H groups in total. The molecule has 0 saturated carbocycles. The largest absolute Gasteiger partial charge is 0.455 e. The zero-order chi connectivity index (χ0) is 15.5. The Hall–Kier alpha value is -2.49. The Morgan fingerprint density at radius 1 is 0.952 bits per heavy atom. The molecule has 4 nitrogen and oxygen atoms in total. The molecule has 1 aromatic heterocycles. The normalized spacial score (nSPS) is 11.0. The molecule has 0 bridgehead atoms. The van der Waals surface area contributed by atoms with Crippen molar-refractivity contribution in [2.75, 3.05) is 0 Å². The summed E-state index contributed by atoms with van der Waals surface area (Å²) in [4.78, 5) is 28.1. The highest BCUT2D eigenvalue weighted by atomic mass is 16.6. The van der Waals surface area contributed by atoms with Crippen LogP contribution >= 0.6 is 0 Å². The zero-order valence-electron chi connectivity index (χ0n) is 12.3. The molecule has 0 spiro atoms. The maximum atomic E-state index is 12.2. The van der Waals surface area contributed by atoms with E-state index in [1.807, 2.05) is 6.07 Å². The van der Waals surface area contributed by atoms with E-state index in [1.165, 1.54) is 12.3 Å². The lowest BCUT2D eigenvalue weighted by atomic mass is 10.1. The number of pyridine rings is 1. The van der Waals surface area contributed by atoms with Crippen LogP contribution in [-0.4, -0.2) is 22.3 Å². The standard InChI is InChI=1S/C17H17NO3/c1-17(2,3)21-16(20)14-10-9-13(11-18-14)15(19)12-7-5-4-6-8-12/h4-11H,1-3H3. The Morgan fingerprint density at radius 2 is 1.62 bits per heavy atom. The summed E-state index contributed by atoms with van der Waals surface area (Å²) in [6.45, 7) is 5.37. The van der Waals surface area contributed by atoms with Crippen molar-refractivity contribution in [1.29, 1.82) is 0 Å². The van der Waals surface area contributed by atoms with Gasteiger partial charge in [0.1, 0.15) is 11.3 Å². The number of ether oxygens (including phenoxy) is 1. The predicted molar refractivity (Wildman–Crippen MR) is 79.3 cm³/mol. The first-order chi connectivity index (χ1) is 9.87. The van der Waals surface area contributed by atoms with Crippen molar-refractivity contribution in [3.05, 3.63) is 65.5 Å². The Balaban J connectivity index is 2.16. The van der Waals surface area contributed by atoms with Crippen LogP contribution in [0.4, 0.5) is 0 Å². The molecule has 0 radical (unpaired) electrons. The number of rotatable bonds is 3. The van der Waals surface area contributed by atoms with Gasteiger partial charge in [-0.15, -0.1) is 0 Å². The second-order valence-electron chi connectivity index (χ2n) is 5.63. The van der Waals surface area contributed by atoms with Gasteiger partial charge < -0.3 is 4.74 Å². The number of ketones is 1. The van der Waals surface area contributed by atoms with E-state index >= 15 is 0 Å². The number of carbonyl (C=O) groups excluding carboxylic acids is 2. The number of hydrogen-bond acceptors (Lipinski definition) is 4. The molecular formula is C17H17NO3. The van der Waals surface area contributed by atoms with Crippen LogP contribution in [-0.2, 0) is 4.74 Å². The number of carbonyl (C=O) groups is 2. The van der Waals surface area contributed by atoms with Crippen LogP contribution in [0, 0.1) is 0 Å². The average Bonchev–Trinajstić information content (AvgIpc) is 2.46. The first kappa shape index (κ1) is 14.9. The third-order valence-electron chi connectivity index (χ3n) is 2.67. The van der Waals surface area contributed by atoms with Gasteiger partial charge in [0, 0.05) is 17.3 Å². The van der Waals surface area contributed by atoms with Crippen molar-refractivity contribution in [3.63, 3.8) is 0 Å². The Labute approximate surface area is 123 Å². The molecule has 0 amide bonds. The van der Waals surface area contributed by atoms with Crippen molar-refractivity contribution in [2.45, 2.75) is 26.4 Å². The van der Waals surface area contributed by atoms with Gasteiger partial charge in [0.2, 0.25) is 0 Å². The first-order valence-corrected chi connectivity index (χ1v) is 6.66. The third-order valence-corrected chi connectivity index (χ3v) is 2.67. The van der Waals surface area contributed by atoms with Crippen molar-refractivity contribution in [1.82, 2.24) is 4.98 Å². The molecule has 0 aliphatic carbocycles. The van der Waals surface area contributed by atoms with Crippen molar-refractivity contribution >= 4 is 11.8 Å². The minimum absolute atomic E-state index is 0.126. The van der Waals surface area contributed by atoms with Gasteiger partial charge in [-0.05, 0) is 32.9 Å². The summed E-state index contributed by atoms with van der Waals surface area (Å²) in [5.74, 6) is -0.625. The highest BCUT2D eigenvalue weighted by Crippen LogP contribution is 2.13. The molecule has 0 unspecified atom stereocenters. The minimum Gasteiger partial charge on any atom is -0.455 e. The number of nitrogens with zero attached hydrogens (tertiary/aromatic N) is 1. The Bertz CT molecular complexity index is 640. The van der Waals surface area contributed by atoms with E-state index in [1.54, 1.807) is 51.1 Å². The van der Waals surface area contributed by atoms with Crippen LogP contribution in [0.3, 0.4) is 0 Å². The summed E-state index contributed by atoms with van der Waals surface area (Å²) in [6.07, 6.45) is 1.40. The predicted octanol–water partition coefficient (Wildman–Crippen LogP) is 3.27. The summed E-state index contributed by atoms with van der Waals surface area (Å²) >= 11 is 0. The number of hydrogen-bond donors (Lipinski definition) is 0. The number of benzene rings is 1. The second kappa shape index (κ2) is 5.87. The van der Waals surface area contributed by atoms with E-state index in [4.69, 9.17) is 4.74 Å². The molecule has 1 heterocycles. The SMILES string of the molecule is CC(C)(C)OC(=O)c1ccc(C(=O)c2ccccc2)cn1. The zero-order valence-corrected chi connectivity index (χ0v) is 12.3. The summed E-state index contributed by atoms with van der Waals surface area (Å²) in [7, 11) is 0. The van der Waals surface area contributed by atoms with Crippen molar-refractivity contribution in [2.24, 2.45) is 0 Å². The van der Waals surface area contributed by atoms with E-state index in [0.717, 1.165) is 0 Å². The molecule has 108 valence electrons.